The summed E-state index contributed by atoms with van der Waals surface area (Å²) in [7, 11) is 0. The summed E-state index contributed by atoms with van der Waals surface area (Å²) in [6, 6.07) is 13.6. The molecule has 0 unspecified atom stereocenters. The molecule has 1 aromatic heterocycles. The van der Waals surface area contributed by atoms with Gasteiger partial charge in [0.15, 0.2) is 6.61 Å². The fraction of sp³-hybridized carbons (Fsp3) is 0.227. The Hall–Kier alpha value is -3.48. The van der Waals surface area contributed by atoms with Crippen LogP contribution in [0.25, 0.3) is 16.9 Å². The number of carbonyl (C=O) groups excluding carboxylic acids is 2. The van der Waals surface area contributed by atoms with Crippen LogP contribution < -0.4 is 5.32 Å². The number of esters is 1. The van der Waals surface area contributed by atoms with Crippen molar-refractivity contribution in [1.82, 2.24) is 15.1 Å². The average Bonchev–Trinajstić information content (AvgIpc) is 3.41. The first-order valence-corrected chi connectivity index (χ1v) is 9.39. The van der Waals surface area contributed by atoms with Gasteiger partial charge in [0.05, 0.1) is 5.69 Å². The maximum absolute atomic E-state index is 13.2. The normalized spacial score (nSPS) is 13.2. The van der Waals surface area contributed by atoms with Gasteiger partial charge in [0.1, 0.15) is 17.1 Å². The third kappa shape index (κ3) is 4.51. The molecule has 3 aromatic rings. The molecule has 0 spiro atoms. The lowest BCUT2D eigenvalue weighted by Crippen LogP contribution is -2.30. The Balaban J connectivity index is 1.62. The molecule has 4 rings (SSSR count). The molecule has 0 aliphatic heterocycles. The maximum atomic E-state index is 13.2. The predicted molar refractivity (Wildman–Crippen MR) is 105 cm³/mol. The number of aryl methyl sites for hydroxylation is 1. The second kappa shape index (κ2) is 7.87. The monoisotopic (exact) mass is 393 g/mol. The second-order valence-corrected chi connectivity index (χ2v) is 7.10. The third-order valence-corrected chi connectivity index (χ3v) is 4.63. The van der Waals surface area contributed by atoms with E-state index in [1.165, 1.54) is 23.0 Å². The van der Waals surface area contributed by atoms with Crippen LogP contribution in [0.5, 0.6) is 0 Å². The van der Waals surface area contributed by atoms with E-state index >= 15 is 0 Å². The number of ether oxygens (including phenoxy) is 1. The van der Waals surface area contributed by atoms with Gasteiger partial charge in [-0.15, -0.1) is 0 Å². The fourth-order valence-electron chi connectivity index (χ4n) is 2.88. The van der Waals surface area contributed by atoms with Gasteiger partial charge in [-0.05, 0) is 44.0 Å². The minimum atomic E-state index is -0.639. The van der Waals surface area contributed by atoms with Gasteiger partial charge in [0.2, 0.25) is 0 Å². The summed E-state index contributed by atoms with van der Waals surface area (Å²) in [6.07, 6.45) is 3.45. The standard InChI is InChI=1S/C22H20FN3O3/c1-14-2-4-15(5-3-14)21-19(22(28)29-13-20(27)24-17-8-9-17)12-26(25-21)18-10-6-16(23)7-11-18/h2-7,10-12,17H,8-9,13H2,1H3,(H,24,27). The van der Waals surface area contributed by atoms with Crippen molar-refractivity contribution in [2.24, 2.45) is 0 Å². The molecule has 1 amide bonds. The minimum Gasteiger partial charge on any atom is -0.452 e. The van der Waals surface area contributed by atoms with Gasteiger partial charge in [-0.3, -0.25) is 4.79 Å². The molecule has 148 valence electrons. The van der Waals surface area contributed by atoms with Crippen LogP contribution in [0.15, 0.2) is 54.7 Å². The van der Waals surface area contributed by atoms with Gasteiger partial charge in [-0.1, -0.05) is 29.8 Å². The molecule has 0 bridgehead atoms. The van der Waals surface area contributed by atoms with E-state index in [0.717, 1.165) is 24.0 Å². The van der Waals surface area contributed by atoms with Crippen molar-refractivity contribution in [2.45, 2.75) is 25.8 Å². The zero-order chi connectivity index (χ0) is 20.4. The molecule has 1 N–H and O–H groups in total. The number of halogens is 1. The van der Waals surface area contributed by atoms with E-state index in [0.29, 0.717) is 11.4 Å². The molecule has 1 heterocycles. The number of hydrogen-bond acceptors (Lipinski definition) is 4. The summed E-state index contributed by atoms with van der Waals surface area (Å²) in [5.74, 6) is -1.32. The van der Waals surface area contributed by atoms with E-state index in [-0.39, 0.29) is 29.9 Å². The van der Waals surface area contributed by atoms with Crippen molar-refractivity contribution < 1.29 is 18.7 Å². The number of amides is 1. The van der Waals surface area contributed by atoms with E-state index in [1.807, 2.05) is 31.2 Å². The van der Waals surface area contributed by atoms with Gasteiger partial charge in [-0.2, -0.15) is 5.10 Å². The molecule has 2 aromatic carbocycles. The molecular formula is C22H20FN3O3. The highest BCUT2D eigenvalue weighted by Gasteiger charge is 2.25. The third-order valence-electron chi connectivity index (χ3n) is 4.63. The Morgan fingerprint density at radius 3 is 2.48 bits per heavy atom. The van der Waals surface area contributed by atoms with E-state index in [4.69, 9.17) is 4.74 Å². The van der Waals surface area contributed by atoms with Crippen LogP contribution in [0.2, 0.25) is 0 Å². The summed E-state index contributed by atoms with van der Waals surface area (Å²) in [5.41, 5.74) is 3.09. The Kier molecular flexibility index (Phi) is 5.12. The number of benzene rings is 2. The first kappa shape index (κ1) is 18.9. The van der Waals surface area contributed by atoms with E-state index < -0.39 is 5.97 Å². The number of aromatic nitrogens is 2. The molecule has 0 radical (unpaired) electrons. The van der Waals surface area contributed by atoms with Crippen molar-refractivity contribution in [2.75, 3.05) is 6.61 Å². The molecule has 0 atom stereocenters. The lowest BCUT2D eigenvalue weighted by atomic mass is 10.1. The summed E-state index contributed by atoms with van der Waals surface area (Å²) >= 11 is 0. The van der Waals surface area contributed by atoms with Crippen molar-refractivity contribution in [1.29, 1.82) is 0 Å². The SMILES string of the molecule is Cc1ccc(-c2nn(-c3ccc(F)cc3)cc2C(=O)OCC(=O)NC2CC2)cc1. The molecular weight excluding hydrogens is 373 g/mol. The molecule has 1 fully saturated rings. The first-order valence-electron chi connectivity index (χ1n) is 9.39. The fourth-order valence-corrected chi connectivity index (χ4v) is 2.88. The summed E-state index contributed by atoms with van der Waals surface area (Å²) in [6.45, 7) is 1.62. The van der Waals surface area contributed by atoms with Gasteiger partial charge < -0.3 is 10.1 Å². The van der Waals surface area contributed by atoms with Crippen LogP contribution in [0.4, 0.5) is 4.39 Å². The number of nitrogens with zero attached hydrogens (tertiary/aromatic N) is 2. The zero-order valence-electron chi connectivity index (χ0n) is 15.9. The zero-order valence-corrected chi connectivity index (χ0v) is 15.9. The van der Waals surface area contributed by atoms with Crippen LogP contribution in [-0.2, 0) is 9.53 Å². The Morgan fingerprint density at radius 2 is 1.83 bits per heavy atom. The first-order chi connectivity index (χ1) is 14.0. The minimum absolute atomic E-state index is 0.200. The van der Waals surface area contributed by atoms with Gasteiger partial charge >= 0.3 is 5.97 Å². The lowest BCUT2D eigenvalue weighted by Gasteiger charge is -2.06. The highest BCUT2D eigenvalue weighted by atomic mass is 19.1. The number of hydrogen-bond donors (Lipinski definition) is 1. The van der Waals surface area contributed by atoms with Crippen LogP contribution in [0.3, 0.4) is 0 Å². The Morgan fingerprint density at radius 1 is 1.14 bits per heavy atom. The molecule has 7 heteroatoms. The average molecular weight is 393 g/mol. The highest BCUT2D eigenvalue weighted by molar-refractivity contribution is 5.97. The Labute approximate surface area is 167 Å². The molecule has 6 nitrogen and oxygen atoms in total. The van der Waals surface area contributed by atoms with Crippen molar-refractivity contribution in [3.05, 3.63) is 71.7 Å². The van der Waals surface area contributed by atoms with E-state index in [9.17, 15) is 14.0 Å². The van der Waals surface area contributed by atoms with Crippen LogP contribution >= 0.6 is 0 Å². The number of rotatable bonds is 6. The smallest absolute Gasteiger partial charge is 0.342 e. The Bertz CT molecular complexity index is 1040. The second-order valence-electron chi connectivity index (χ2n) is 7.10. The summed E-state index contributed by atoms with van der Waals surface area (Å²) in [5, 5.41) is 7.29. The van der Waals surface area contributed by atoms with Gasteiger partial charge in [-0.25, -0.2) is 13.9 Å². The quantitative estimate of drug-likeness (QED) is 0.652. The van der Waals surface area contributed by atoms with Crippen LogP contribution in [0, 0.1) is 12.7 Å². The topological polar surface area (TPSA) is 73.2 Å². The van der Waals surface area contributed by atoms with E-state index in [2.05, 4.69) is 10.4 Å². The number of carbonyl (C=O) groups is 2. The molecule has 1 aliphatic rings. The summed E-state index contributed by atoms with van der Waals surface area (Å²) < 4.78 is 20.0. The predicted octanol–water partition coefficient (Wildman–Crippen LogP) is 3.42. The molecule has 1 saturated carbocycles. The van der Waals surface area contributed by atoms with E-state index in [1.54, 1.807) is 12.1 Å². The van der Waals surface area contributed by atoms with Gasteiger partial charge in [0, 0.05) is 17.8 Å². The maximum Gasteiger partial charge on any atom is 0.342 e. The summed E-state index contributed by atoms with van der Waals surface area (Å²) in [4.78, 5) is 24.5. The van der Waals surface area contributed by atoms with Crippen LogP contribution in [-0.4, -0.2) is 34.3 Å². The number of nitrogens with one attached hydrogen (secondary N) is 1. The molecule has 0 saturated heterocycles. The molecule has 1 aliphatic carbocycles. The van der Waals surface area contributed by atoms with Crippen molar-refractivity contribution >= 4 is 11.9 Å². The van der Waals surface area contributed by atoms with Crippen LogP contribution in [0.1, 0.15) is 28.8 Å². The van der Waals surface area contributed by atoms with Crippen molar-refractivity contribution in [3.8, 4) is 16.9 Å². The van der Waals surface area contributed by atoms with Crippen molar-refractivity contribution in [3.63, 3.8) is 0 Å². The largest absolute Gasteiger partial charge is 0.452 e. The lowest BCUT2D eigenvalue weighted by molar-refractivity contribution is -0.124. The molecule has 29 heavy (non-hydrogen) atoms. The van der Waals surface area contributed by atoms with Gasteiger partial charge in [0.25, 0.3) is 5.91 Å². The highest BCUT2D eigenvalue weighted by Crippen LogP contribution is 2.25.